The maximum atomic E-state index is 13.6. The average Bonchev–Trinajstić information content (AvgIpc) is 2.60. The fourth-order valence-electron chi connectivity index (χ4n) is 2.91. The first kappa shape index (κ1) is 19.5. The molecule has 1 N–H and O–H groups in total. The quantitative estimate of drug-likeness (QED) is 0.687. The van der Waals surface area contributed by atoms with Crippen LogP contribution in [0.4, 0.5) is 4.39 Å². The van der Waals surface area contributed by atoms with Crippen LogP contribution in [0.1, 0.15) is 18.4 Å². The molecule has 3 rings (SSSR count). The highest BCUT2D eigenvalue weighted by Crippen LogP contribution is 2.32. The van der Waals surface area contributed by atoms with E-state index in [1.54, 1.807) is 36.2 Å². The smallest absolute Gasteiger partial charge is 0.223 e. The zero-order valence-corrected chi connectivity index (χ0v) is 16.4. The lowest BCUT2D eigenvalue weighted by atomic mass is 9.97. The van der Waals surface area contributed by atoms with Gasteiger partial charge in [-0.2, -0.15) is 0 Å². The number of rotatable bonds is 5. The molecule has 2 aromatic carbocycles. The van der Waals surface area contributed by atoms with E-state index < -0.39 is 0 Å². The van der Waals surface area contributed by atoms with E-state index in [1.165, 1.54) is 6.07 Å². The summed E-state index contributed by atoms with van der Waals surface area (Å²) < 4.78 is 15.8. The molecule has 0 atom stereocenters. The Hall–Kier alpha value is -1.27. The molecule has 26 heavy (non-hydrogen) atoms. The molecule has 3 nitrogen and oxygen atoms in total. The summed E-state index contributed by atoms with van der Waals surface area (Å²) in [6, 6.07) is 12.0. The van der Waals surface area contributed by atoms with Gasteiger partial charge in [-0.3, -0.25) is 4.79 Å². The van der Waals surface area contributed by atoms with Gasteiger partial charge in [0, 0.05) is 46.1 Å². The molecular weight excluding hydrogens is 394 g/mol. The Morgan fingerprint density at radius 3 is 2.46 bits per heavy atom. The molecule has 1 aliphatic heterocycles. The van der Waals surface area contributed by atoms with E-state index >= 15 is 0 Å². The molecule has 138 valence electrons. The predicted octanol–water partition coefficient (Wildman–Crippen LogP) is 5.17. The second-order valence-corrected chi connectivity index (χ2v) is 8.25. The van der Waals surface area contributed by atoms with E-state index in [0.29, 0.717) is 15.6 Å². The number of piperidine rings is 1. The minimum atomic E-state index is -0.292. The van der Waals surface area contributed by atoms with E-state index in [9.17, 15) is 9.18 Å². The van der Waals surface area contributed by atoms with Crippen molar-refractivity contribution < 1.29 is 9.18 Å². The number of carbonyl (C=O) groups excluding carboxylic acids is 1. The van der Waals surface area contributed by atoms with Crippen molar-refractivity contribution in [3.8, 4) is 0 Å². The highest BCUT2D eigenvalue weighted by molar-refractivity contribution is 7.97. The van der Waals surface area contributed by atoms with Gasteiger partial charge in [-0.25, -0.2) is 8.70 Å². The van der Waals surface area contributed by atoms with Gasteiger partial charge < -0.3 is 5.32 Å². The molecule has 1 amide bonds. The largest absolute Gasteiger partial charge is 0.352 e. The van der Waals surface area contributed by atoms with Crippen molar-refractivity contribution in [2.45, 2.75) is 24.3 Å². The van der Waals surface area contributed by atoms with Crippen molar-refractivity contribution >= 4 is 41.1 Å². The van der Waals surface area contributed by atoms with Crippen LogP contribution in [-0.2, 0) is 11.3 Å². The van der Waals surface area contributed by atoms with Crippen molar-refractivity contribution in [1.82, 2.24) is 9.62 Å². The number of hydrogen-bond acceptors (Lipinski definition) is 3. The second kappa shape index (κ2) is 9.09. The Morgan fingerprint density at radius 1 is 1.15 bits per heavy atom. The van der Waals surface area contributed by atoms with Gasteiger partial charge in [-0.05, 0) is 49.1 Å². The fourth-order valence-corrected chi connectivity index (χ4v) is 4.61. The number of amides is 1. The zero-order chi connectivity index (χ0) is 18.5. The number of halogens is 3. The molecule has 0 saturated carbocycles. The van der Waals surface area contributed by atoms with Crippen LogP contribution in [0.2, 0.25) is 10.0 Å². The standard InChI is InChI=1S/C19H19Cl2FN2OS/c20-15-9-16(21)11-17(10-15)26-24-7-5-13(6-8-24)19(25)23-12-14-3-1-2-4-18(14)22/h1-4,9-11,13H,5-8,12H2,(H,23,25). The maximum Gasteiger partial charge on any atom is 0.223 e. The minimum Gasteiger partial charge on any atom is -0.352 e. The first-order chi connectivity index (χ1) is 12.5. The van der Waals surface area contributed by atoms with Gasteiger partial charge in [-0.15, -0.1) is 0 Å². The maximum absolute atomic E-state index is 13.6. The van der Waals surface area contributed by atoms with Crippen LogP contribution in [0.5, 0.6) is 0 Å². The summed E-state index contributed by atoms with van der Waals surface area (Å²) in [4.78, 5) is 13.3. The van der Waals surface area contributed by atoms with Gasteiger partial charge in [0.05, 0.1) is 0 Å². The molecule has 0 radical (unpaired) electrons. The molecular formula is C19H19Cl2FN2OS. The molecule has 0 bridgehead atoms. The van der Waals surface area contributed by atoms with E-state index in [0.717, 1.165) is 30.8 Å². The molecule has 1 fully saturated rings. The van der Waals surface area contributed by atoms with Gasteiger partial charge in [-0.1, -0.05) is 41.4 Å². The fraction of sp³-hybridized carbons (Fsp3) is 0.316. The average molecular weight is 413 g/mol. The van der Waals surface area contributed by atoms with Crippen LogP contribution in [0.3, 0.4) is 0 Å². The number of nitrogens with one attached hydrogen (secondary N) is 1. The Morgan fingerprint density at radius 2 is 1.81 bits per heavy atom. The zero-order valence-electron chi connectivity index (χ0n) is 14.1. The molecule has 0 aliphatic carbocycles. The molecule has 1 saturated heterocycles. The Labute approximate surface area is 167 Å². The molecule has 0 unspecified atom stereocenters. The van der Waals surface area contributed by atoms with Crippen LogP contribution in [0, 0.1) is 11.7 Å². The normalized spacial score (nSPS) is 15.8. The lowest BCUT2D eigenvalue weighted by molar-refractivity contribution is -0.126. The second-order valence-electron chi connectivity index (χ2n) is 6.21. The molecule has 0 aromatic heterocycles. The van der Waals surface area contributed by atoms with Crippen LogP contribution in [0.15, 0.2) is 47.4 Å². The number of nitrogens with zero attached hydrogens (tertiary/aromatic N) is 1. The van der Waals surface area contributed by atoms with Crippen molar-refractivity contribution in [3.05, 3.63) is 63.9 Å². The molecule has 7 heteroatoms. The summed E-state index contributed by atoms with van der Waals surface area (Å²) >= 11 is 13.7. The lowest BCUT2D eigenvalue weighted by Crippen LogP contribution is -2.38. The van der Waals surface area contributed by atoms with Crippen LogP contribution in [-0.4, -0.2) is 23.3 Å². The third-order valence-electron chi connectivity index (χ3n) is 4.31. The van der Waals surface area contributed by atoms with Crippen LogP contribution in [0.25, 0.3) is 0 Å². The molecule has 2 aromatic rings. The molecule has 1 heterocycles. The van der Waals surface area contributed by atoms with Crippen LogP contribution < -0.4 is 5.32 Å². The van der Waals surface area contributed by atoms with Crippen LogP contribution >= 0.6 is 35.1 Å². The third-order valence-corrected chi connectivity index (χ3v) is 5.81. The Kier molecular flexibility index (Phi) is 6.81. The summed E-state index contributed by atoms with van der Waals surface area (Å²) in [6.45, 7) is 1.82. The van der Waals surface area contributed by atoms with Crippen molar-refractivity contribution in [2.24, 2.45) is 5.92 Å². The highest BCUT2D eigenvalue weighted by Gasteiger charge is 2.25. The topological polar surface area (TPSA) is 32.3 Å². The summed E-state index contributed by atoms with van der Waals surface area (Å²) in [5, 5.41) is 4.08. The van der Waals surface area contributed by atoms with Gasteiger partial charge >= 0.3 is 0 Å². The number of hydrogen-bond donors (Lipinski definition) is 1. The summed E-state index contributed by atoms with van der Waals surface area (Å²) in [5.74, 6) is -0.343. The summed E-state index contributed by atoms with van der Waals surface area (Å²) in [7, 11) is 0. The minimum absolute atomic E-state index is 0.0105. The first-order valence-electron chi connectivity index (χ1n) is 8.41. The number of benzene rings is 2. The van der Waals surface area contributed by atoms with E-state index in [2.05, 4.69) is 9.62 Å². The monoisotopic (exact) mass is 412 g/mol. The predicted molar refractivity (Wildman–Crippen MR) is 105 cm³/mol. The summed E-state index contributed by atoms with van der Waals surface area (Å²) in [6.07, 6.45) is 1.54. The number of carbonyl (C=O) groups is 1. The molecule has 0 spiro atoms. The van der Waals surface area contributed by atoms with E-state index in [4.69, 9.17) is 23.2 Å². The lowest BCUT2D eigenvalue weighted by Gasteiger charge is -2.30. The summed E-state index contributed by atoms with van der Waals surface area (Å²) in [5.41, 5.74) is 0.506. The van der Waals surface area contributed by atoms with Gasteiger partial charge in [0.1, 0.15) is 5.82 Å². The first-order valence-corrected chi connectivity index (χ1v) is 9.94. The van der Waals surface area contributed by atoms with Crippen molar-refractivity contribution in [2.75, 3.05) is 13.1 Å². The van der Waals surface area contributed by atoms with E-state index in [-0.39, 0.29) is 24.2 Å². The Bertz CT molecular complexity index is 762. The SMILES string of the molecule is O=C(NCc1ccccc1F)C1CCN(Sc2cc(Cl)cc(Cl)c2)CC1. The van der Waals surface area contributed by atoms with E-state index in [1.807, 2.05) is 12.1 Å². The Balaban J connectivity index is 1.47. The highest BCUT2D eigenvalue weighted by atomic mass is 35.5. The third kappa shape index (κ3) is 5.36. The molecule has 1 aliphatic rings. The van der Waals surface area contributed by atoms with Gasteiger partial charge in [0.25, 0.3) is 0 Å². The van der Waals surface area contributed by atoms with Crippen molar-refractivity contribution in [1.29, 1.82) is 0 Å². The van der Waals surface area contributed by atoms with Gasteiger partial charge in [0.2, 0.25) is 5.91 Å². The van der Waals surface area contributed by atoms with Crippen molar-refractivity contribution in [3.63, 3.8) is 0 Å². The van der Waals surface area contributed by atoms with Gasteiger partial charge in [0.15, 0.2) is 0 Å².